The normalized spacial score (nSPS) is 9.84. The molecule has 0 heterocycles. The molecule has 0 radical (unpaired) electrons. The molecule has 1 aromatic carbocycles. The maximum atomic E-state index is 11.7. The van der Waals surface area contributed by atoms with Gasteiger partial charge in [0.25, 0.3) is 0 Å². The monoisotopic (exact) mass is 264 g/mol. The number of carbonyl (C=O) groups is 2. The van der Waals surface area contributed by atoms with E-state index in [2.05, 4.69) is 10.6 Å². The Kier molecular flexibility index (Phi) is 5.85. The minimum atomic E-state index is -0.0995. The van der Waals surface area contributed by atoms with E-state index in [0.29, 0.717) is 19.5 Å². The van der Waals surface area contributed by atoms with Crippen molar-refractivity contribution < 1.29 is 14.3 Å². The second kappa shape index (κ2) is 7.41. The van der Waals surface area contributed by atoms with Crippen molar-refractivity contribution in [2.24, 2.45) is 0 Å². The number of ether oxygens (including phenoxy) is 1. The van der Waals surface area contributed by atoms with Crippen LogP contribution in [0.15, 0.2) is 18.2 Å². The molecule has 0 fully saturated rings. The molecule has 0 saturated heterocycles. The van der Waals surface area contributed by atoms with Crippen LogP contribution < -0.4 is 15.4 Å². The van der Waals surface area contributed by atoms with Gasteiger partial charge in [0, 0.05) is 20.0 Å². The molecule has 0 atom stereocenters. The SMILES string of the molecule is COc1cc(CC(=O)NCCNC(C)=O)ccc1C. The third-order valence-electron chi connectivity index (χ3n) is 2.66. The fraction of sp³-hybridized carbons (Fsp3) is 0.429. The third-order valence-corrected chi connectivity index (χ3v) is 2.66. The Morgan fingerprint density at radius 1 is 1.21 bits per heavy atom. The number of hydrogen-bond acceptors (Lipinski definition) is 3. The van der Waals surface area contributed by atoms with Crippen molar-refractivity contribution in [3.63, 3.8) is 0 Å². The van der Waals surface area contributed by atoms with E-state index in [1.807, 2.05) is 25.1 Å². The first-order chi connectivity index (χ1) is 9.02. The molecule has 5 nitrogen and oxygen atoms in total. The molecule has 0 unspecified atom stereocenters. The summed E-state index contributed by atoms with van der Waals surface area (Å²) in [5, 5.41) is 5.36. The summed E-state index contributed by atoms with van der Waals surface area (Å²) in [6.07, 6.45) is 0.302. The van der Waals surface area contributed by atoms with Crippen LogP contribution in [-0.2, 0) is 16.0 Å². The zero-order chi connectivity index (χ0) is 14.3. The third kappa shape index (κ3) is 5.42. The minimum absolute atomic E-state index is 0.0729. The molecule has 104 valence electrons. The Bertz CT molecular complexity index is 458. The zero-order valence-corrected chi connectivity index (χ0v) is 11.6. The van der Waals surface area contributed by atoms with Crippen LogP contribution in [0.5, 0.6) is 5.75 Å². The predicted molar refractivity (Wildman–Crippen MR) is 73.1 cm³/mol. The molecule has 2 N–H and O–H groups in total. The Morgan fingerprint density at radius 3 is 2.53 bits per heavy atom. The van der Waals surface area contributed by atoms with Gasteiger partial charge in [-0.05, 0) is 24.1 Å². The van der Waals surface area contributed by atoms with E-state index in [1.165, 1.54) is 6.92 Å². The zero-order valence-electron chi connectivity index (χ0n) is 11.6. The van der Waals surface area contributed by atoms with Gasteiger partial charge in [-0.1, -0.05) is 12.1 Å². The first-order valence-electron chi connectivity index (χ1n) is 6.17. The van der Waals surface area contributed by atoms with Crippen molar-refractivity contribution in [1.82, 2.24) is 10.6 Å². The number of hydrogen-bond donors (Lipinski definition) is 2. The summed E-state index contributed by atoms with van der Waals surface area (Å²) < 4.78 is 5.21. The highest BCUT2D eigenvalue weighted by Gasteiger charge is 2.05. The van der Waals surface area contributed by atoms with Crippen LogP contribution in [0.4, 0.5) is 0 Å². The maximum absolute atomic E-state index is 11.7. The van der Waals surface area contributed by atoms with E-state index < -0.39 is 0 Å². The summed E-state index contributed by atoms with van der Waals surface area (Å²) in [5.41, 5.74) is 1.94. The lowest BCUT2D eigenvalue weighted by Crippen LogP contribution is -2.34. The van der Waals surface area contributed by atoms with Crippen LogP contribution in [0.3, 0.4) is 0 Å². The molecule has 0 bridgehead atoms. The highest BCUT2D eigenvalue weighted by atomic mass is 16.5. The number of aryl methyl sites for hydroxylation is 1. The van der Waals surface area contributed by atoms with E-state index in [1.54, 1.807) is 7.11 Å². The number of benzene rings is 1. The van der Waals surface area contributed by atoms with Crippen molar-refractivity contribution >= 4 is 11.8 Å². The lowest BCUT2D eigenvalue weighted by Gasteiger charge is -2.08. The molecule has 0 aliphatic rings. The van der Waals surface area contributed by atoms with Crippen molar-refractivity contribution in [3.8, 4) is 5.75 Å². The van der Waals surface area contributed by atoms with Crippen LogP contribution in [0.2, 0.25) is 0 Å². The first-order valence-corrected chi connectivity index (χ1v) is 6.17. The van der Waals surface area contributed by atoms with Crippen molar-refractivity contribution in [2.45, 2.75) is 20.3 Å². The first kappa shape index (κ1) is 15.0. The van der Waals surface area contributed by atoms with Gasteiger partial charge in [0.15, 0.2) is 0 Å². The molecule has 0 saturated carbocycles. The topological polar surface area (TPSA) is 67.4 Å². The van der Waals surface area contributed by atoms with E-state index in [9.17, 15) is 9.59 Å². The molecular weight excluding hydrogens is 244 g/mol. The van der Waals surface area contributed by atoms with Gasteiger partial charge >= 0.3 is 0 Å². The largest absolute Gasteiger partial charge is 0.496 e. The van der Waals surface area contributed by atoms with Crippen LogP contribution in [0.25, 0.3) is 0 Å². The Morgan fingerprint density at radius 2 is 1.89 bits per heavy atom. The number of rotatable bonds is 6. The fourth-order valence-electron chi connectivity index (χ4n) is 1.66. The number of carbonyl (C=O) groups excluding carboxylic acids is 2. The summed E-state index contributed by atoms with van der Waals surface area (Å²) in [6, 6.07) is 5.70. The van der Waals surface area contributed by atoms with Gasteiger partial charge in [0.05, 0.1) is 13.5 Å². The minimum Gasteiger partial charge on any atom is -0.496 e. The van der Waals surface area contributed by atoms with E-state index in [4.69, 9.17) is 4.74 Å². The molecule has 5 heteroatoms. The molecule has 0 spiro atoms. The van der Waals surface area contributed by atoms with Crippen LogP contribution in [-0.4, -0.2) is 32.0 Å². The Balaban J connectivity index is 2.42. The molecule has 19 heavy (non-hydrogen) atoms. The number of amides is 2. The maximum Gasteiger partial charge on any atom is 0.224 e. The quantitative estimate of drug-likeness (QED) is 0.747. The van der Waals surface area contributed by atoms with Crippen molar-refractivity contribution in [2.75, 3.05) is 20.2 Å². The summed E-state index contributed by atoms with van der Waals surface area (Å²) in [6.45, 7) is 4.27. The molecule has 0 aliphatic carbocycles. The highest BCUT2D eigenvalue weighted by molar-refractivity contribution is 5.78. The van der Waals surface area contributed by atoms with Gasteiger partial charge in [0.1, 0.15) is 5.75 Å². The van der Waals surface area contributed by atoms with Crippen molar-refractivity contribution in [1.29, 1.82) is 0 Å². The molecule has 0 aromatic heterocycles. The van der Waals surface area contributed by atoms with Gasteiger partial charge in [-0.15, -0.1) is 0 Å². The highest BCUT2D eigenvalue weighted by Crippen LogP contribution is 2.19. The second-order valence-electron chi connectivity index (χ2n) is 4.31. The fourth-order valence-corrected chi connectivity index (χ4v) is 1.66. The molecule has 0 aliphatic heterocycles. The average molecular weight is 264 g/mol. The van der Waals surface area contributed by atoms with Crippen molar-refractivity contribution in [3.05, 3.63) is 29.3 Å². The van der Waals surface area contributed by atoms with Gasteiger partial charge < -0.3 is 15.4 Å². The summed E-state index contributed by atoms with van der Waals surface area (Å²) in [4.78, 5) is 22.3. The average Bonchev–Trinajstić information content (AvgIpc) is 2.37. The summed E-state index contributed by atoms with van der Waals surface area (Å²) in [5.74, 6) is 0.609. The summed E-state index contributed by atoms with van der Waals surface area (Å²) >= 11 is 0. The lowest BCUT2D eigenvalue weighted by atomic mass is 10.1. The molecule has 2 amide bonds. The van der Waals surface area contributed by atoms with Crippen LogP contribution >= 0.6 is 0 Å². The van der Waals surface area contributed by atoms with Gasteiger partial charge in [0.2, 0.25) is 11.8 Å². The smallest absolute Gasteiger partial charge is 0.224 e. The van der Waals surface area contributed by atoms with Crippen LogP contribution in [0.1, 0.15) is 18.1 Å². The van der Waals surface area contributed by atoms with Crippen LogP contribution in [0, 0.1) is 6.92 Å². The molecular formula is C14H20N2O3. The van der Waals surface area contributed by atoms with Gasteiger partial charge in [-0.3, -0.25) is 9.59 Å². The van der Waals surface area contributed by atoms with Gasteiger partial charge in [-0.2, -0.15) is 0 Å². The van der Waals surface area contributed by atoms with Gasteiger partial charge in [-0.25, -0.2) is 0 Å². The number of nitrogens with one attached hydrogen (secondary N) is 2. The molecule has 1 rings (SSSR count). The van der Waals surface area contributed by atoms with E-state index in [0.717, 1.165) is 16.9 Å². The summed E-state index contributed by atoms with van der Waals surface area (Å²) in [7, 11) is 1.61. The Hall–Kier alpha value is -2.04. The van der Waals surface area contributed by atoms with E-state index in [-0.39, 0.29) is 11.8 Å². The second-order valence-corrected chi connectivity index (χ2v) is 4.31. The Labute approximate surface area is 113 Å². The molecule has 1 aromatic rings. The number of methoxy groups -OCH3 is 1. The standard InChI is InChI=1S/C14H20N2O3/c1-10-4-5-12(8-13(10)19-3)9-14(18)16-7-6-15-11(2)17/h4-5,8H,6-7,9H2,1-3H3,(H,15,17)(H,16,18). The predicted octanol–water partition coefficient (Wildman–Crippen LogP) is 0.798. The lowest BCUT2D eigenvalue weighted by molar-refractivity contribution is -0.121. The van der Waals surface area contributed by atoms with E-state index >= 15 is 0 Å².